The first-order valence-corrected chi connectivity index (χ1v) is 8.91. The van der Waals surface area contributed by atoms with Crippen LogP contribution in [-0.4, -0.2) is 46.5 Å². The van der Waals surface area contributed by atoms with Crippen LogP contribution in [0.3, 0.4) is 0 Å². The second-order valence-corrected chi connectivity index (χ2v) is 6.11. The molecular formula is C19H33N3O3. The molecule has 0 amide bonds. The fraction of sp³-hybridized carbons (Fsp3) is 0.632. The van der Waals surface area contributed by atoms with Gasteiger partial charge in [-0.25, -0.2) is 4.99 Å². The second-order valence-electron chi connectivity index (χ2n) is 6.11. The molecule has 0 unspecified atom stereocenters. The van der Waals surface area contributed by atoms with Crippen LogP contribution in [0.4, 0.5) is 0 Å². The number of aliphatic imine (C=N–C) groups is 1. The van der Waals surface area contributed by atoms with Crippen molar-refractivity contribution in [2.75, 3.05) is 40.5 Å². The number of nitrogens with zero attached hydrogens (tertiary/aromatic N) is 1. The molecule has 0 radical (unpaired) electrons. The summed E-state index contributed by atoms with van der Waals surface area (Å²) in [6.45, 7) is 10.0. The summed E-state index contributed by atoms with van der Waals surface area (Å²) in [7, 11) is 3.27. The first-order chi connectivity index (χ1) is 12.1. The minimum atomic E-state index is 0.559. The average molecular weight is 351 g/mol. The molecule has 0 spiro atoms. The van der Waals surface area contributed by atoms with E-state index < -0.39 is 0 Å². The normalized spacial score (nSPS) is 11.5. The lowest BCUT2D eigenvalue weighted by atomic mass is 10.1. The Labute approximate surface area is 152 Å². The van der Waals surface area contributed by atoms with Gasteiger partial charge in [-0.15, -0.1) is 0 Å². The minimum Gasteiger partial charge on any atom is -0.493 e. The third kappa shape index (κ3) is 8.63. The van der Waals surface area contributed by atoms with Crippen LogP contribution in [0.15, 0.2) is 23.2 Å². The van der Waals surface area contributed by atoms with Gasteiger partial charge in [0.1, 0.15) is 0 Å². The predicted octanol–water partition coefficient (Wildman–Crippen LogP) is 2.82. The lowest BCUT2D eigenvalue weighted by Crippen LogP contribution is -2.39. The standard InChI is InChI=1S/C19H33N3O3/c1-6-20-19(21-10-12-25-11-9-15(2)3)22-14-16-7-8-17(23-4)18(13-16)24-5/h7-8,13,15H,6,9-12,14H2,1-5H3,(H2,20,21,22). The molecule has 0 aliphatic carbocycles. The number of ether oxygens (including phenoxy) is 3. The third-order valence-electron chi connectivity index (χ3n) is 3.59. The van der Waals surface area contributed by atoms with Gasteiger partial charge in [0.2, 0.25) is 0 Å². The minimum absolute atomic E-state index is 0.559. The first kappa shape index (κ1) is 21.1. The third-order valence-corrected chi connectivity index (χ3v) is 3.59. The monoisotopic (exact) mass is 351 g/mol. The lowest BCUT2D eigenvalue weighted by molar-refractivity contribution is 0.128. The second kappa shape index (κ2) is 12.4. The van der Waals surface area contributed by atoms with E-state index >= 15 is 0 Å². The van der Waals surface area contributed by atoms with Gasteiger partial charge in [0, 0.05) is 19.7 Å². The molecule has 1 aromatic carbocycles. The van der Waals surface area contributed by atoms with E-state index in [-0.39, 0.29) is 0 Å². The van der Waals surface area contributed by atoms with Crippen LogP contribution < -0.4 is 20.1 Å². The van der Waals surface area contributed by atoms with Gasteiger partial charge >= 0.3 is 0 Å². The lowest BCUT2D eigenvalue weighted by Gasteiger charge is -2.12. The average Bonchev–Trinajstić information content (AvgIpc) is 2.61. The summed E-state index contributed by atoms with van der Waals surface area (Å²) in [6, 6.07) is 5.83. The SMILES string of the molecule is CCNC(=NCc1ccc(OC)c(OC)c1)NCCOCCC(C)C. The molecule has 0 atom stereocenters. The van der Waals surface area contributed by atoms with Gasteiger partial charge in [-0.2, -0.15) is 0 Å². The van der Waals surface area contributed by atoms with Crippen LogP contribution in [0.25, 0.3) is 0 Å². The number of benzene rings is 1. The maximum absolute atomic E-state index is 5.62. The van der Waals surface area contributed by atoms with Crippen molar-refractivity contribution in [3.05, 3.63) is 23.8 Å². The Balaban J connectivity index is 2.49. The van der Waals surface area contributed by atoms with Crippen LogP contribution in [0.1, 0.15) is 32.8 Å². The molecule has 142 valence electrons. The smallest absolute Gasteiger partial charge is 0.191 e. The molecule has 0 heterocycles. The van der Waals surface area contributed by atoms with Gasteiger partial charge in [-0.05, 0) is 37.0 Å². The number of guanidine groups is 1. The van der Waals surface area contributed by atoms with Crippen molar-refractivity contribution in [1.82, 2.24) is 10.6 Å². The summed E-state index contributed by atoms with van der Waals surface area (Å²) in [6.07, 6.45) is 1.09. The van der Waals surface area contributed by atoms with Gasteiger partial charge in [0.25, 0.3) is 0 Å². The van der Waals surface area contributed by atoms with E-state index in [0.29, 0.717) is 24.8 Å². The number of hydrogen-bond donors (Lipinski definition) is 2. The van der Waals surface area contributed by atoms with E-state index in [4.69, 9.17) is 14.2 Å². The highest BCUT2D eigenvalue weighted by atomic mass is 16.5. The van der Waals surface area contributed by atoms with Crippen LogP contribution in [-0.2, 0) is 11.3 Å². The highest BCUT2D eigenvalue weighted by Crippen LogP contribution is 2.27. The zero-order valence-electron chi connectivity index (χ0n) is 16.2. The van der Waals surface area contributed by atoms with Crippen molar-refractivity contribution in [2.45, 2.75) is 33.7 Å². The van der Waals surface area contributed by atoms with Gasteiger partial charge in [-0.3, -0.25) is 0 Å². The molecule has 1 aromatic rings. The zero-order chi connectivity index (χ0) is 18.5. The fourth-order valence-electron chi connectivity index (χ4n) is 2.15. The molecule has 0 aliphatic rings. The molecule has 25 heavy (non-hydrogen) atoms. The van der Waals surface area contributed by atoms with Crippen LogP contribution in [0.5, 0.6) is 11.5 Å². The number of hydrogen-bond acceptors (Lipinski definition) is 4. The van der Waals surface area contributed by atoms with E-state index in [1.165, 1.54) is 0 Å². The zero-order valence-corrected chi connectivity index (χ0v) is 16.2. The van der Waals surface area contributed by atoms with E-state index in [0.717, 1.165) is 43.4 Å². The van der Waals surface area contributed by atoms with Crippen molar-refractivity contribution >= 4 is 5.96 Å². The van der Waals surface area contributed by atoms with Crippen LogP contribution in [0, 0.1) is 5.92 Å². The van der Waals surface area contributed by atoms with E-state index in [1.807, 2.05) is 25.1 Å². The Morgan fingerprint density at radius 2 is 1.84 bits per heavy atom. The number of nitrogens with one attached hydrogen (secondary N) is 2. The van der Waals surface area contributed by atoms with Gasteiger partial charge in [-0.1, -0.05) is 19.9 Å². The number of rotatable bonds is 11. The Hall–Kier alpha value is -1.95. The summed E-state index contributed by atoms with van der Waals surface area (Å²) in [5.74, 6) is 2.89. The van der Waals surface area contributed by atoms with E-state index in [1.54, 1.807) is 14.2 Å². The highest BCUT2D eigenvalue weighted by molar-refractivity contribution is 5.79. The molecule has 2 N–H and O–H groups in total. The highest BCUT2D eigenvalue weighted by Gasteiger charge is 2.04. The molecule has 0 saturated carbocycles. The Kier molecular flexibility index (Phi) is 10.5. The number of methoxy groups -OCH3 is 2. The van der Waals surface area contributed by atoms with Crippen LogP contribution in [0.2, 0.25) is 0 Å². The van der Waals surface area contributed by atoms with E-state index in [2.05, 4.69) is 29.5 Å². The summed E-state index contributed by atoms with van der Waals surface area (Å²) in [5, 5.41) is 6.53. The van der Waals surface area contributed by atoms with Crippen molar-refractivity contribution in [1.29, 1.82) is 0 Å². The molecule has 0 aliphatic heterocycles. The molecule has 0 bridgehead atoms. The maximum atomic E-state index is 5.62. The van der Waals surface area contributed by atoms with Gasteiger partial charge < -0.3 is 24.8 Å². The summed E-state index contributed by atoms with van der Waals surface area (Å²) in [5.41, 5.74) is 1.06. The molecule has 0 fully saturated rings. The maximum Gasteiger partial charge on any atom is 0.191 e. The van der Waals surface area contributed by atoms with Crippen LogP contribution >= 0.6 is 0 Å². The molecule has 0 aromatic heterocycles. The van der Waals surface area contributed by atoms with Gasteiger partial charge in [0.15, 0.2) is 17.5 Å². The first-order valence-electron chi connectivity index (χ1n) is 8.91. The quantitative estimate of drug-likeness (QED) is 0.365. The van der Waals surface area contributed by atoms with Gasteiger partial charge in [0.05, 0.1) is 27.4 Å². The van der Waals surface area contributed by atoms with Crippen molar-refractivity contribution < 1.29 is 14.2 Å². The van der Waals surface area contributed by atoms with E-state index in [9.17, 15) is 0 Å². The topological polar surface area (TPSA) is 64.1 Å². The molecular weight excluding hydrogens is 318 g/mol. The van der Waals surface area contributed by atoms with Crippen molar-refractivity contribution in [2.24, 2.45) is 10.9 Å². The molecule has 0 saturated heterocycles. The Bertz CT molecular complexity index is 519. The predicted molar refractivity (Wildman–Crippen MR) is 103 cm³/mol. The molecule has 6 heteroatoms. The Morgan fingerprint density at radius 1 is 1.08 bits per heavy atom. The largest absolute Gasteiger partial charge is 0.493 e. The van der Waals surface area contributed by atoms with Crippen molar-refractivity contribution in [3.8, 4) is 11.5 Å². The fourth-order valence-corrected chi connectivity index (χ4v) is 2.15. The molecule has 6 nitrogen and oxygen atoms in total. The Morgan fingerprint density at radius 3 is 2.48 bits per heavy atom. The summed E-state index contributed by atoms with van der Waals surface area (Å²) >= 11 is 0. The molecule has 1 rings (SSSR count). The summed E-state index contributed by atoms with van der Waals surface area (Å²) < 4.78 is 16.2. The van der Waals surface area contributed by atoms with Crippen molar-refractivity contribution in [3.63, 3.8) is 0 Å². The summed E-state index contributed by atoms with van der Waals surface area (Å²) in [4.78, 5) is 4.60.